The molecule has 1 atom stereocenters. The van der Waals surface area contributed by atoms with E-state index in [1.54, 1.807) is 6.26 Å². The van der Waals surface area contributed by atoms with Crippen molar-refractivity contribution in [1.82, 2.24) is 15.0 Å². The second-order valence-corrected chi connectivity index (χ2v) is 13.3. The van der Waals surface area contributed by atoms with Gasteiger partial charge in [0.1, 0.15) is 0 Å². The van der Waals surface area contributed by atoms with Gasteiger partial charge in [-0.3, -0.25) is 0 Å². The van der Waals surface area contributed by atoms with Crippen LogP contribution in [0.1, 0.15) is 111 Å². The van der Waals surface area contributed by atoms with Crippen molar-refractivity contribution in [3.8, 4) is 0 Å². The highest BCUT2D eigenvalue weighted by molar-refractivity contribution is 5.84. The quantitative estimate of drug-likeness (QED) is 0.288. The fraction of sp³-hybridized carbons (Fsp3) is 0.586. The summed E-state index contributed by atoms with van der Waals surface area (Å²) in [6, 6.07) is 4.38. The first-order valence-corrected chi connectivity index (χ1v) is 12.4. The maximum Gasteiger partial charge on any atom is 0.155 e. The highest BCUT2D eigenvalue weighted by Gasteiger charge is 2.37. The Morgan fingerprint density at radius 2 is 1.33 bits per heavy atom. The summed E-state index contributed by atoms with van der Waals surface area (Å²) in [4.78, 5) is 11.4. The third-order valence-corrected chi connectivity index (χ3v) is 7.25. The standard InChI is InChI=1S/C29H43N3O/c1-12-29(11,25-21(27(5,6)7)23-18(31-25)13-14-33-23)16-17-15-19-22(30-17)20(26(2,3)4)24(32-19)28(8,9)10/h13-15,30-32H,12,16H2,1-11H3. The molecule has 0 spiro atoms. The van der Waals surface area contributed by atoms with Crippen molar-refractivity contribution in [3.63, 3.8) is 0 Å². The number of H-pyrrole nitrogens is 3. The summed E-state index contributed by atoms with van der Waals surface area (Å²) in [6.07, 6.45) is 3.76. The van der Waals surface area contributed by atoms with E-state index in [-0.39, 0.29) is 21.7 Å². The lowest BCUT2D eigenvalue weighted by molar-refractivity contribution is 0.421. The van der Waals surface area contributed by atoms with Gasteiger partial charge in [0.05, 0.1) is 22.8 Å². The number of hydrogen-bond donors (Lipinski definition) is 3. The van der Waals surface area contributed by atoms with Crippen LogP contribution in [0, 0.1) is 0 Å². The molecule has 0 aliphatic rings. The maximum absolute atomic E-state index is 5.94. The van der Waals surface area contributed by atoms with Crippen LogP contribution in [0.2, 0.25) is 0 Å². The minimum atomic E-state index is -0.0405. The second kappa shape index (κ2) is 7.32. The third kappa shape index (κ3) is 3.96. The molecule has 4 heterocycles. The number of fused-ring (bicyclic) bond motifs is 2. The van der Waals surface area contributed by atoms with Crippen LogP contribution in [0.15, 0.2) is 22.8 Å². The van der Waals surface area contributed by atoms with E-state index in [1.807, 2.05) is 6.07 Å². The first-order valence-electron chi connectivity index (χ1n) is 12.4. The zero-order valence-electron chi connectivity index (χ0n) is 22.6. The van der Waals surface area contributed by atoms with E-state index in [0.29, 0.717) is 0 Å². The lowest BCUT2D eigenvalue weighted by atomic mass is 9.73. The van der Waals surface area contributed by atoms with Crippen LogP contribution in [0.3, 0.4) is 0 Å². The topological polar surface area (TPSA) is 60.5 Å². The maximum atomic E-state index is 5.94. The molecule has 0 aliphatic heterocycles. The molecule has 180 valence electrons. The Labute approximate surface area is 198 Å². The number of furan rings is 1. The van der Waals surface area contributed by atoms with Gasteiger partial charge in [-0.25, -0.2) is 0 Å². The molecule has 3 N–H and O–H groups in total. The van der Waals surface area contributed by atoms with Crippen molar-refractivity contribution >= 4 is 22.1 Å². The van der Waals surface area contributed by atoms with E-state index in [4.69, 9.17) is 4.42 Å². The van der Waals surface area contributed by atoms with Crippen molar-refractivity contribution in [3.05, 3.63) is 46.6 Å². The van der Waals surface area contributed by atoms with Crippen LogP contribution in [0.5, 0.6) is 0 Å². The molecule has 4 heteroatoms. The summed E-state index contributed by atoms with van der Waals surface area (Å²) in [5.41, 5.74) is 11.3. The number of nitrogens with one attached hydrogen (secondary N) is 3. The van der Waals surface area contributed by atoms with Crippen molar-refractivity contribution in [2.45, 2.75) is 111 Å². The van der Waals surface area contributed by atoms with Gasteiger partial charge < -0.3 is 19.4 Å². The molecule has 0 bridgehead atoms. The molecule has 0 saturated heterocycles. The summed E-state index contributed by atoms with van der Waals surface area (Å²) in [5.74, 6) is 0. The monoisotopic (exact) mass is 449 g/mol. The summed E-state index contributed by atoms with van der Waals surface area (Å²) in [6.45, 7) is 25.3. The van der Waals surface area contributed by atoms with Crippen molar-refractivity contribution in [1.29, 1.82) is 0 Å². The van der Waals surface area contributed by atoms with Crippen LogP contribution in [-0.4, -0.2) is 15.0 Å². The van der Waals surface area contributed by atoms with Crippen LogP contribution < -0.4 is 0 Å². The Kier molecular flexibility index (Phi) is 5.27. The van der Waals surface area contributed by atoms with E-state index in [0.717, 1.165) is 23.9 Å². The Morgan fingerprint density at radius 3 is 1.88 bits per heavy atom. The fourth-order valence-corrected chi connectivity index (χ4v) is 5.43. The number of aromatic nitrogens is 3. The smallest absolute Gasteiger partial charge is 0.155 e. The predicted molar refractivity (Wildman–Crippen MR) is 141 cm³/mol. The van der Waals surface area contributed by atoms with Crippen molar-refractivity contribution in [2.75, 3.05) is 0 Å². The number of hydrogen-bond acceptors (Lipinski definition) is 1. The Hall–Kier alpha value is -2.36. The van der Waals surface area contributed by atoms with Gasteiger partial charge in [-0.15, -0.1) is 0 Å². The molecule has 0 amide bonds. The first kappa shape index (κ1) is 23.8. The van der Waals surface area contributed by atoms with Gasteiger partial charge in [0.25, 0.3) is 0 Å². The fourth-order valence-electron chi connectivity index (χ4n) is 5.43. The van der Waals surface area contributed by atoms with Gasteiger partial charge in [-0.2, -0.15) is 0 Å². The summed E-state index contributed by atoms with van der Waals surface area (Å²) >= 11 is 0. The van der Waals surface area contributed by atoms with E-state index >= 15 is 0 Å². The Bertz CT molecular complexity index is 1290. The number of aromatic amines is 3. The van der Waals surface area contributed by atoms with E-state index in [9.17, 15) is 0 Å². The molecule has 0 aromatic carbocycles. The zero-order chi connectivity index (χ0) is 24.6. The minimum Gasteiger partial charge on any atom is -0.462 e. The molecule has 0 radical (unpaired) electrons. The highest BCUT2D eigenvalue weighted by Crippen LogP contribution is 2.44. The molecular formula is C29H43N3O. The van der Waals surface area contributed by atoms with Crippen LogP contribution >= 0.6 is 0 Å². The van der Waals surface area contributed by atoms with Crippen LogP contribution in [0.25, 0.3) is 22.1 Å². The Balaban J connectivity index is 1.83. The average Bonchev–Trinajstić information content (AvgIpc) is 3.36. The molecular weight excluding hydrogens is 406 g/mol. The van der Waals surface area contributed by atoms with Gasteiger partial charge in [-0.05, 0) is 29.7 Å². The van der Waals surface area contributed by atoms with Crippen molar-refractivity contribution in [2.24, 2.45) is 0 Å². The van der Waals surface area contributed by atoms with E-state index in [2.05, 4.69) is 97.2 Å². The minimum absolute atomic E-state index is 0.00926. The van der Waals surface area contributed by atoms with E-state index < -0.39 is 0 Å². The largest absolute Gasteiger partial charge is 0.462 e. The molecule has 4 rings (SSSR count). The number of rotatable bonds is 4. The van der Waals surface area contributed by atoms with E-state index in [1.165, 1.54) is 39.2 Å². The van der Waals surface area contributed by atoms with Gasteiger partial charge in [0.15, 0.2) is 5.58 Å². The molecule has 4 nitrogen and oxygen atoms in total. The van der Waals surface area contributed by atoms with Crippen LogP contribution in [0.4, 0.5) is 0 Å². The molecule has 4 aromatic rings. The first-order chi connectivity index (χ1) is 15.1. The van der Waals surface area contributed by atoms with Gasteiger partial charge in [0.2, 0.25) is 0 Å². The molecule has 0 saturated carbocycles. The molecule has 33 heavy (non-hydrogen) atoms. The highest BCUT2D eigenvalue weighted by atomic mass is 16.3. The predicted octanol–water partition coefficient (Wildman–Crippen LogP) is 8.37. The normalized spacial score (nSPS) is 15.6. The summed E-state index contributed by atoms with van der Waals surface area (Å²) < 4.78 is 5.94. The second-order valence-electron chi connectivity index (χ2n) is 13.3. The van der Waals surface area contributed by atoms with Crippen LogP contribution in [-0.2, 0) is 28.1 Å². The average molecular weight is 450 g/mol. The molecule has 4 aromatic heterocycles. The molecule has 1 unspecified atom stereocenters. The molecule has 0 fully saturated rings. The van der Waals surface area contributed by atoms with Crippen molar-refractivity contribution < 1.29 is 4.42 Å². The summed E-state index contributed by atoms with van der Waals surface area (Å²) in [7, 11) is 0. The van der Waals surface area contributed by atoms with Gasteiger partial charge in [0, 0.05) is 45.1 Å². The molecule has 0 aliphatic carbocycles. The summed E-state index contributed by atoms with van der Waals surface area (Å²) in [5, 5.41) is 0. The SMILES string of the molecule is CCC(C)(Cc1cc2[nH]c(C(C)(C)C)c(C(C)(C)C)c2[nH]1)c1[nH]c2ccoc2c1C(C)(C)C. The lowest BCUT2D eigenvalue weighted by Crippen LogP contribution is -2.29. The van der Waals surface area contributed by atoms with Gasteiger partial charge >= 0.3 is 0 Å². The van der Waals surface area contributed by atoms with Gasteiger partial charge in [-0.1, -0.05) is 76.2 Å². The zero-order valence-corrected chi connectivity index (χ0v) is 22.6. The third-order valence-electron chi connectivity index (χ3n) is 7.25. The Morgan fingerprint density at radius 1 is 0.727 bits per heavy atom. The lowest BCUT2D eigenvalue weighted by Gasteiger charge is -2.32.